The first kappa shape index (κ1) is 13.0. The van der Waals surface area contributed by atoms with E-state index in [2.05, 4.69) is 11.9 Å². The van der Waals surface area contributed by atoms with Gasteiger partial charge in [0.25, 0.3) is 0 Å². The number of aromatic nitrogens is 1. The number of benzene rings is 1. The molecule has 2 aromatic rings. The molecule has 20 heavy (non-hydrogen) atoms. The van der Waals surface area contributed by atoms with Crippen LogP contribution in [0.2, 0.25) is 0 Å². The van der Waals surface area contributed by atoms with E-state index in [1.54, 1.807) is 0 Å². The average Bonchev–Trinajstić information content (AvgIpc) is 2.81. The summed E-state index contributed by atoms with van der Waals surface area (Å²) in [7, 11) is 2.09. The zero-order valence-corrected chi connectivity index (χ0v) is 11.7. The molecule has 0 unspecified atom stereocenters. The molecule has 1 aromatic carbocycles. The lowest BCUT2D eigenvalue weighted by Crippen LogP contribution is -2.48. The summed E-state index contributed by atoms with van der Waals surface area (Å²) in [6, 6.07) is 7.79. The molecular formula is C15H20N4O. The van der Waals surface area contributed by atoms with E-state index in [9.17, 15) is 4.79 Å². The summed E-state index contributed by atoms with van der Waals surface area (Å²) in [4.78, 5) is 16.5. The Bertz CT molecular complexity index is 626. The van der Waals surface area contributed by atoms with E-state index in [1.165, 1.54) is 0 Å². The monoisotopic (exact) mass is 272 g/mol. The summed E-state index contributed by atoms with van der Waals surface area (Å²) in [6.45, 7) is 3.95. The molecule has 2 heterocycles. The highest BCUT2D eigenvalue weighted by Crippen LogP contribution is 2.19. The van der Waals surface area contributed by atoms with Crippen LogP contribution in [0.4, 0.5) is 5.69 Å². The number of anilines is 1. The van der Waals surface area contributed by atoms with Crippen molar-refractivity contribution in [2.45, 2.75) is 6.54 Å². The van der Waals surface area contributed by atoms with Crippen LogP contribution < -0.4 is 5.73 Å². The van der Waals surface area contributed by atoms with Crippen molar-refractivity contribution >= 4 is 22.5 Å². The van der Waals surface area contributed by atoms with Crippen LogP contribution in [0.25, 0.3) is 10.9 Å². The maximum Gasteiger partial charge on any atom is 0.242 e. The lowest BCUT2D eigenvalue weighted by Gasteiger charge is -2.32. The molecule has 5 nitrogen and oxygen atoms in total. The van der Waals surface area contributed by atoms with Crippen LogP contribution in [0.15, 0.2) is 30.5 Å². The van der Waals surface area contributed by atoms with Gasteiger partial charge in [-0.1, -0.05) is 0 Å². The second-order valence-electron chi connectivity index (χ2n) is 5.45. The van der Waals surface area contributed by atoms with Crippen molar-refractivity contribution in [3.8, 4) is 0 Å². The van der Waals surface area contributed by atoms with Crippen LogP contribution in [0.3, 0.4) is 0 Å². The van der Waals surface area contributed by atoms with E-state index >= 15 is 0 Å². The number of piperazine rings is 1. The van der Waals surface area contributed by atoms with Gasteiger partial charge in [-0.05, 0) is 31.3 Å². The molecule has 106 valence electrons. The SMILES string of the molecule is CN1CCN(C(=O)Cn2ccc3cc(N)ccc32)CC1. The number of nitrogens with zero attached hydrogens (tertiary/aromatic N) is 3. The normalized spacial score (nSPS) is 16.8. The predicted molar refractivity (Wildman–Crippen MR) is 80.4 cm³/mol. The largest absolute Gasteiger partial charge is 0.399 e. The molecule has 0 spiro atoms. The smallest absolute Gasteiger partial charge is 0.242 e. The minimum Gasteiger partial charge on any atom is -0.399 e. The van der Waals surface area contributed by atoms with Crippen LogP contribution >= 0.6 is 0 Å². The van der Waals surface area contributed by atoms with Gasteiger partial charge >= 0.3 is 0 Å². The number of carbonyl (C=O) groups is 1. The maximum absolute atomic E-state index is 12.3. The van der Waals surface area contributed by atoms with Gasteiger partial charge in [0.1, 0.15) is 6.54 Å². The summed E-state index contributed by atoms with van der Waals surface area (Å²) in [5, 5.41) is 1.08. The number of hydrogen-bond donors (Lipinski definition) is 1. The summed E-state index contributed by atoms with van der Waals surface area (Å²) in [6.07, 6.45) is 1.96. The molecule has 1 aliphatic heterocycles. The van der Waals surface area contributed by atoms with Gasteiger partial charge in [-0.2, -0.15) is 0 Å². The minimum absolute atomic E-state index is 0.187. The second kappa shape index (κ2) is 5.17. The molecule has 0 bridgehead atoms. The molecular weight excluding hydrogens is 252 g/mol. The fraction of sp³-hybridized carbons (Fsp3) is 0.400. The molecule has 1 aliphatic rings. The minimum atomic E-state index is 0.187. The van der Waals surface area contributed by atoms with Gasteiger partial charge in [-0.25, -0.2) is 0 Å². The fourth-order valence-corrected chi connectivity index (χ4v) is 2.66. The number of fused-ring (bicyclic) bond motifs is 1. The van der Waals surface area contributed by atoms with Crippen molar-refractivity contribution in [1.82, 2.24) is 14.4 Å². The highest BCUT2D eigenvalue weighted by atomic mass is 16.2. The van der Waals surface area contributed by atoms with Crippen molar-refractivity contribution in [2.75, 3.05) is 39.0 Å². The Kier molecular flexibility index (Phi) is 3.36. The average molecular weight is 272 g/mol. The third kappa shape index (κ3) is 2.49. The van der Waals surface area contributed by atoms with Crippen LogP contribution in [0.5, 0.6) is 0 Å². The Morgan fingerprint density at radius 2 is 1.95 bits per heavy atom. The first-order chi connectivity index (χ1) is 9.63. The second-order valence-corrected chi connectivity index (χ2v) is 5.45. The number of carbonyl (C=O) groups excluding carboxylic acids is 1. The molecule has 1 aromatic heterocycles. The van der Waals surface area contributed by atoms with Crippen molar-refractivity contribution in [3.63, 3.8) is 0 Å². The van der Waals surface area contributed by atoms with Crippen molar-refractivity contribution in [1.29, 1.82) is 0 Å². The van der Waals surface area contributed by atoms with Crippen molar-refractivity contribution < 1.29 is 4.79 Å². The Hall–Kier alpha value is -2.01. The summed E-state index contributed by atoms with van der Waals surface area (Å²) in [5.41, 5.74) is 7.58. The van der Waals surface area contributed by atoms with E-state index < -0.39 is 0 Å². The first-order valence-electron chi connectivity index (χ1n) is 6.94. The quantitative estimate of drug-likeness (QED) is 0.830. The van der Waals surface area contributed by atoms with E-state index in [0.29, 0.717) is 6.54 Å². The zero-order valence-electron chi connectivity index (χ0n) is 11.7. The Morgan fingerprint density at radius 1 is 1.20 bits per heavy atom. The molecule has 0 saturated carbocycles. The van der Waals surface area contributed by atoms with E-state index in [4.69, 9.17) is 5.73 Å². The fourth-order valence-electron chi connectivity index (χ4n) is 2.66. The van der Waals surface area contributed by atoms with Crippen LogP contribution in [-0.4, -0.2) is 53.5 Å². The Morgan fingerprint density at radius 3 is 2.70 bits per heavy atom. The molecule has 2 N–H and O–H groups in total. The molecule has 1 fully saturated rings. The maximum atomic E-state index is 12.3. The number of likely N-dealkylation sites (N-methyl/N-ethyl adjacent to an activating group) is 1. The first-order valence-corrected chi connectivity index (χ1v) is 6.94. The highest BCUT2D eigenvalue weighted by Gasteiger charge is 2.19. The number of amides is 1. The summed E-state index contributed by atoms with van der Waals surface area (Å²) in [5.74, 6) is 0.187. The zero-order chi connectivity index (χ0) is 14.1. The van der Waals surface area contributed by atoms with Gasteiger partial charge < -0.3 is 20.1 Å². The molecule has 5 heteroatoms. The predicted octanol–water partition coefficient (Wildman–Crippen LogP) is 0.997. The van der Waals surface area contributed by atoms with Crippen molar-refractivity contribution in [2.24, 2.45) is 0 Å². The number of nitrogens with two attached hydrogens (primary N) is 1. The van der Waals surface area contributed by atoms with Crippen LogP contribution in [0, 0.1) is 0 Å². The molecule has 0 aliphatic carbocycles. The molecule has 3 rings (SSSR count). The number of rotatable bonds is 2. The van der Waals surface area contributed by atoms with Gasteiger partial charge in [0.2, 0.25) is 5.91 Å². The van der Waals surface area contributed by atoms with E-state index in [0.717, 1.165) is 42.8 Å². The molecule has 1 amide bonds. The summed E-state index contributed by atoms with van der Waals surface area (Å²) >= 11 is 0. The molecule has 0 radical (unpaired) electrons. The number of nitrogen functional groups attached to an aromatic ring is 1. The lowest BCUT2D eigenvalue weighted by molar-refractivity contribution is -0.133. The van der Waals surface area contributed by atoms with Crippen LogP contribution in [0.1, 0.15) is 0 Å². The van der Waals surface area contributed by atoms with E-state index in [-0.39, 0.29) is 5.91 Å². The number of hydrogen-bond acceptors (Lipinski definition) is 3. The van der Waals surface area contributed by atoms with Gasteiger partial charge in [0, 0.05) is 49.0 Å². The van der Waals surface area contributed by atoms with Crippen LogP contribution in [-0.2, 0) is 11.3 Å². The lowest BCUT2D eigenvalue weighted by atomic mass is 10.2. The third-order valence-corrected chi connectivity index (χ3v) is 3.96. The summed E-state index contributed by atoms with van der Waals surface area (Å²) < 4.78 is 2.00. The van der Waals surface area contributed by atoms with E-state index in [1.807, 2.05) is 39.9 Å². The van der Waals surface area contributed by atoms with Gasteiger partial charge in [0.05, 0.1) is 0 Å². The van der Waals surface area contributed by atoms with Gasteiger partial charge in [-0.3, -0.25) is 4.79 Å². The Balaban J connectivity index is 1.74. The molecule has 1 saturated heterocycles. The molecule has 0 atom stereocenters. The third-order valence-electron chi connectivity index (χ3n) is 3.96. The topological polar surface area (TPSA) is 54.5 Å². The van der Waals surface area contributed by atoms with Gasteiger partial charge in [0.15, 0.2) is 0 Å². The van der Waals surface area contributed by atoms with Crippen molar-refractivity contribution in [3.05, 3.63) is 30.5 Å². The van der Waals surface area contributed by atoms with Gasteiger partial charge in [-0.15, -0.1) is 0 Å². The standard InChI is InChI=1S/C15H20N4O/c1-17-6-8-18(9-7-17)15(20)11-19-5-4-12-10-13(16)2-3-14(12)19/h2-5,10H,6-9,11,16H2,1H3. The highest BCUT2D eigenvalue weighted by molar-refractivity contribution is 5.85. The Labute approximate surface area is 118 Å².